The zero-order chi connectivity index (χ0) is 17.1. The Labute approximate surface area is 144 Å². The molecule has 0 aliphatic carbocycles. The second kappa shape index (κ2) is 7.11. The average Bonchev–Trinajstić information content (AvgIpc) is 3.09. The molecule has 1 fully saturated rings. The second-order valence-electron chi connectivity index (χ2n) is 5.74. The van der Waals surface area contributed by atoms with E-state index in [1.165, 1.54) is 4.57 Å². The monoisotopic (exact) mass is 345 g/mol. The van der Waals surface area contributed by atoms with Crippen molar-refractivity contribution in [2.75, 3.05) is 13.2 Å². The number of ether oxygens (including phenoxy) is 1. The van der Waals surface area contributed by atoms with Crippen LogP contribution in [0.2, 0.25) is 0 Å². The Bertz CT molecular complexity index is 894. The molecule has 7 heteroatoms. The van der Waals surface area contributed by atoms with Gasteiger partial charge in [-0.2, -0.15) is 0 Å². The van der Waals surface area contributed by atoms with Gasteiger partial charge in [0.1, 0.15) is 0 Å². The number of carbonyl (C=O) groups is 1. The summed E-state index contributed by atoms with van der Waals surface area (Å²) in [6.07, 6.45) is 3.57. The topological polar surface area (TPSA) is 76.1 Å². The van der Waals surface area contributed by atoms with Gasteiger partial charge in [-0.15, -0.1) is 6.58 Å². The standard InChI is InChI=1S/C17H19N3O3S/c1-2-7-18-15(21)11-5-6-13-14(9-11)19-17(24)20(16(13)22)10-12-4-3-8-23-12/h2,5-6,9,12H,1,3-4,7-8,10H2,(H,18,21)(H,19,24). The first-order valence-electron chi connectivity index (χ1n) is 7.87. The Morgan fingerprint density at radius 1 is 1.54 bits per heavy atom. The van der Waals surface area contributed by atoms with Gasteiger partial charge >= 0.3 is 0 Å². The molecule has 0 spiro atoms. The number of amides is 1. The lowest BCUT2D eigenvalue weighted by atomic mass is 10.1. The molecule has 2 N–H and O–H groups in total. The fraction of sp³-hybridized carbons (Fsp3) is 0.353. The van der Waals surface area contributed by atoms with Crippen LogP contribution < -0.4 is 10.9 Å². The zero-order valence-electron chi connectivity index (χ0n) is 13.2. The number of H-pyrrole nitrogens is 1. The summed E-state index contributed by atoms with van der Waals surface area (Å²) in [5.41, 5.74) is 0.855. The van der Waals surface area contributed by atoms with Gasteiger partial charge < -0.3 is 15.0 Å². The van der Waals surface area contributed by atoms with Gasteiger partial charge in [0.2, 0.25) is 0 Å². The van der Waals surface area contributed by atoms with Crippen LogP contribution >= 0.6 is 12.2 Å². The molecule has 24 heavy (non-hydrogen) atoms. The van der Waals surface area contributed by atoms with Gasteiger partial charge in [0.15, 0.2) is 4.77 Å². The zero-order valence-corrected chi connectivity index (χ0v) is 14.0. The number of nitrogens with zero attached hydrogens (tertiary/aromatic N) is 1. The van der Waals surface area contributed by atoms with Gasteiger partial charge in [0.05, 0.1) is 23.6 Å². The average molecular weight is 345 g/mol. The minimum atomic E-state index is -0.223. The highest BCUT2D eigenvalue weighted by Crippen LogP contribution is 2.15. The Morgan fingerprint density at radius 2 is 2.38 bits per heavy atom. The molecule has 3 rings (SSSR count). The molecule has 0 saturated carbocycles. The highest BCUT2D eigenvalue weighted by molar-refractivity contribution is 7.71. The highest BCUT2D eigenvalue weighted by Gasteiger charge is 2.18. The summed E-state index contributed by atoms with van der Waals surface area (Å²) in [6, 6.07) is 4.93. The van der Waals surface area contributed by atoms with Crippen molar-refractivity contribution in [3.63, 3.8) is 0 Å². The maximum atomic E-state index is 12.7. The maximum Gasteiger partial charge on any atom is 0.262 e. The van der Waals surface area contributed by atoms with Crippen molar-refractivity contribution >= 4 is 29.0 Å². The lowest BCUT2D eigenvalue weighted by molar-refractivity contribution is 0.0955. The molecule has 1 aliphatic heterocycles. The Hall–Kier alpha value is -2.25. The fourth-order valence-electron chi connectivity index (χ4n) is 2.82. The normalized spacial score (nSPS) is 17.1. The van der Waals surface area contributed by atoms with Crippen molar-refractivity contribution in [2.24, 2.45) is 0 Å². The number of carbonyl (C=O) groups excluding carboxylic acids is 1. The van der Waals surface area contributed by atoms with Crippen molar-refractivity contribution in [3.8, 4) is 0 Å². The lowest BCUT2D eigenvalue weighted by Gasteiger charge is -2.13. The van der Waals surface area contributed by atoms with Crippen LogP contribution in [0.1, 0.15) is 23.2 Å². The number of rotatable bonds is 5. The summed E-state index contributed by atoms with van der Waals surface area (Å²) in [4.78, 5) is 27.8. The summed E-state index contributed by atoms with van der Waals surface area (Å²) in [5.74, 6) is -0.223. The SMILES string of the molecule is C=CCNC(=O)c1ccc2c(=O)n(CC3CCCO3)c(=S)[nH]c2c1. The summed E-state index contributed by atoms with van der Waals surface area (Å²) in [7, 11) is 0. The van der Waals surface area contributed by atoms with Gasteiger partial charge in [0.25, 0.3) is 11.5 Å². The number of hydrogen-bond acceptors (Lipinski definition) is 4. The van der Waals surface area contributed by atoms with E-state index in [2.05, 4.69) is 16.9 Å². The first-order valence-corrected chi connectivity index (χ1v) is 8.28. The number of fused-ring (bicyclic) bond motifs is 1. The number of aromatic nitrogens is 2. The smallest absolute Gasteiger partial charge is 0.262 e. The molecule has 2 aromatic rings. The molecule has 0 bridgehead atoms. The minimum absolute atomic E-state index is 0.0270. The van der Waals surface area contributed by atoms with E-state index < -0.39 is 0 Å². The van der Waals surface area contributed by atoms with Crippen LogP contribution in [0.4, 0.5) is 0 Å². The van der Waals surface area contributed by atoms with Gasteiger partial charge in [0, 0.05) is 18.7 Å². The second-order valence-corrected chi connectivity index (χ2v) is 6.13. The van der Waals surface area contributed by atoms with Crippen LogP contribution in [0.15, 0.2) is 35.6 Å². The van der Waals surface area contributed by atoms with E-state index in [-0.39, 0.29) is 17.6 Å². The van der Waals surface area contributed by atoms with Crippen molar-refractivity contribution in [2.45, 2.75) is 25.5 Å². The Kier molecular flexibility index (Phi) is 4.92. The lowest BCUT2D eigenvalue weighted by Crippen LogP contribution is -2.28. The molecule has 2 heterocycles. The number of aromatic amines is 1. The number of benzene rings is 1. The molecule has 1 amide bonds. The predicted molar refractivity (Wildman–Crippen MR) is 94.9 cm³/mol. The number of nitrogens with one attached hydrogen (secondary N) is 2. The first kappa shape index (κ1) is 16.6. The Morgan fingerprint density at radius 3 is 3.08 bits per heavy atom. The van der Waals surface area contributed by atoms with E-state index in [0.717, 1.165) is 19.4 Å². The molecular weight excluding hydrogens is 326 g/mol. The van der Waals surface area contributed by atoms with Gasteiger partial charge in [-0.25, -0.2) is 0 Å². The largest absolute Gasteiger partial charge is 0.376 e. The van der Waals surface area contributed by atoms with Crippen LogP contribution in [0, 0.1) is 4.77 Å². The maximum absolute atomic E-state index is 12.7. The molecule has 1 saturated heterocycles. The predicted octanol–water partition coefficient (Wildman–Crippen LogP) is 2.15. The van der Waals surface area contributed by atoms with Crippen molar-refractivity contribution in [3.05, 3.63) is 51.5 Å². The Balaban J connectivity index is 1.97. The molecular formula is C17H19N3O3S. The van der Waals surface area contributed by atoms with Crippen molar-refractivity contribution in [1.82, 2.24) is 14.9 Å². The summed E-state index contributed by atoms with van der Waals surface area (Å²) in [6.45, 7) is 5.13. The fourth-order valence-corrected chi connectivity index (χ4v) is 3.09. The third-order valence-corrected chi connectivity index (χ3v) is 4.38. The summed E-state index contributed by atoms with van der Waals surface area (Å²) < 4.78 is 7.46. The molecule has 1 unspecified atom stereocenters. The molecule has 1 aliphatic rings. The summed E-state index contributed by atoms with van der Waals surface area (Å²) >= 11 is 5.32. The van der Waals surface area contributed by atoms with E-state index >= 15 is 0 Å². The molecule has 0 radical (unpaired) electrons. The highest BCUT2D eigenvalue weighted by atomic mass is 32.1. The molecule has 1 aromatic heterocycles. The molecule has 126 valence electrons. The first-order chi connectivity index (χ1) is 11.6. The number of hydrogen-bond donors (Lipinski definition) is 2. The quantitative estimate of drug-likeness (QED) is 0.643. The van der Waals surface area contributed by atoms with Crippen LogP contribution in [-0.2, 0) is 11.3 Å². The molecule has 1 aromatic carbocycles. The van der Waals surface area contributed by atoms with E-state index in [9.17, 15) is 9.59 Å². The minimum Gasteiger partial charge on any atom is -0.376 e. The van der Waals surface area contributed by atoms with E-state index in [0.29, 0.717) is 34.3 Å². The van der Waals surface area contributed by atoms with Crippen LogP contribution in [-0.4, -0.2) is 34.7 Å². The van der Waals surface area contributed by atoms with Gasteiger partial charge in [-0.1, -0.05) is 6.08 Å². The van der Waals surface area contributed by atoms with Gasteiger partial charge in [-0.3, -0.25) is 14.2 Å². The summed E-state index contributed by atoms with van der Waals surface area (Å²) in [5, 5.41) is 3.21. The third-order valence-electron chi connectivity index (χ3n) is 4.06. The van der Waals surface area contributed by atoms with Gasteiger partial charge in [-0.05, 0) is 43.3 Å². The van der Waals surface area contributed by atoms with Crippen LogP contribution in [0.5, 0.6) is 0 Å². The third kappa shape index (κ3) is 3.32. The van der Waals surface area contributed by atoms with Crippen LogP contribution in [0.25, 0.3) is 10.9 Å². The van der Waals surface area contributed by atoms with E-state index in [1.807, 2.05) is 0 Å². The van der Waals surface area contributed by atoms with E-state index in [1.54, 1.807) is 24.3 Å². The van der Waals surface area contributed by atoms with Crippen molar-refractivity contribution < 1.29 is 9.53 Å². The van der Waals surface area contributed by atoms with E-state index in [4.69, 9.17) is 17.0 Å². The van der Waals surface area contributed by atoms with Crippen molar-refractivity contribution in [1.29, 1.82) is 0 Å². The molecule has 6 nitrogen and oxygen atoms in total. The molecule has 1 atom stereocenters. The van der Waals surface area contributed by atoms with Crippen LogP contribution in [0.3, 0.4) is 0 Å².